The maximum Gasteiger partial charge on any atom is 0.119 e. The lowest BCUT2D eigenvalue weighted by Gasteiger charge is -2.20. The predicted octanol–water partition coefficient (Wildman–Crippen LogP) is 2.28. The highest BCUT2D eigenvalue weighted by Crippen LogP contribution is 2.20. The molecule has 3 heteroatoms. The Hall–Kier alpha value is -1.32. The second kappa shape index (κ2) is 7.09. The van der Waals surface area contributed by atoms with E-state index >= 15 is 0 Å². The van der Waals surface area contributed by atoms with Crippen LogP contribution in [0.15, 0.2) is 36.9 Å². The molecule has 1 rings (SSSR count). The van der Waals surface area contributed by atoms with Gasteiger partial charge in [0.15, 0.2) is 0 Å². The van der Waals surface area contributed by atoms with E-state index in [4.69, 9.17) is 4.74 Å². The van der Waals surface area contributed by atoms with Crippen LogP contribution in [-0.4, -0.2) is 24.3 Å². The van der Waals surface area contributed by atoms with Gasteiger partial charge in [-0.25, -0.2) is 0 Å². The molecule has 0 spiro atoms. The summed E-state index contributed by atoms with van der Waals surface area (Å²) in [6.07, 6.45) is 1.26. The SMILES string of the molecule is C=CCNC(C)C(O)c1ccc(OCC)cc1. The van der Waals surface area contributed by atoms with Crippen LogP contribution in [0.1, 0.15) is 25.5 Å². The average Bonchev–Trinajstić information content (AvgIpc) is 2.36. The molecule has 0 aliphatic rings. The molecule has 2 N–H and O–H groups in total. The third kappa shape index (κ3) is 4.21. The van der Waals surface area contributed by atoms with Crippen molar-refractivity contribution in [2.75, 3.05) is 13.2 Å². The molecule has 17 heavy (non-hydrogen) atoms. The first-order chi connectivity index (χ1) is 8.19. The Morgan fingerprint density at radius 3 is 2.59 bits per heavy atom. The third-order valence-corrected chi connectivity index (χ3v) is 2.59. The summed E-state index contributed by atoms with van der Waals surface area (Å²) >= 11 is 0. The Kier molecular flexibility index (Phi) is 5.73. The van der Waals surface area contributed by atoms with Gasteiger partial charge in [0.1, 0.15) is 5.75 Å². The van der Waals surface area contributed by atoms with E-state index in [9.17, 15) is 5.11 Å². The maximum absolute atomic E-state index is 10.1. The van der Waals surface area contributed by atoms with E-state index in [0.29, 0.717) is 13.2 Å². The van der Waals surface area contributed by atoms with Gasteiger partial charge in [0, 0.05) is 12.6 Å². The number of aliphatic hydroxyl groups excluding tert-OH is 1. The molecule has 0 fully saturated rings. The highest BCUT2D eigenvalue weighted by atomic mass is 16.5. The van der Waals surface area contributed by atoms with Gasteiger partial charge in [-0.3, -0.25) is 0 Å². The lowest BCUT2D eigenvalue weighted by Crippen LogP contribution is -2.32. The number of ether oxygens (including phenoxy) is 1. The molecule has 0 bridgehead atoms. The minimum Gasteiger partial charge on any atom is -0.494 e. The van der Waals surface area contributed by atoms with Crippen molar-refractivity contribution in [3.63, 3.8) is 0 Å². The summed E-state index contributed by atoms with van der Waals surface area (Å²) in [4.78, 5) is 0. The molecule has 0 saturated carbocycles. The number of hydrogen-bond acceptors (Lipinski definition) is 3. The van der Waals surface area contributed by atoms with E-state index in [-0.39, 0.29) is 6.04 Å². The van der Waals surface area contributed by atoms with Crippen LogP contribution in [0.25, 0.3) is 0 Å². The Labute approximate surface area is 103 Å². The van der Waals surface area contributed by atoms with E-state index < -0.39 is 6.10 Å². The summed E-state index contributed by atoms with van der Waals surface area (Å²) in [5, 5.41) is 13.3. The van der Waals surface area contributed by atoms with E-state index in [1.807, 2.05) is 38.1 Å². The molecule has 2 unspecified atom stereocenters. The lowest BCUT2D eigenvalue weighted by molar-refractivity contribution is 0.138. The van der Waals surface area contributed by atoms with E-state index in [0.717, 1.165) is 11.3 Å². The van der Waals surface area contributed by atoms with E-state index in [2.05, 4.69) is 11.9 Å². The van der Waals surface area contributed by atoms with Gasteiger partial charge in [0.2, 0.25) is 0 Å². The molecule has 1 aromatic rings. The molecule has 0 aliphatic heterocycles. The van der Waals surface area contributed by atoms with Gasteiger partial charge in [-0.05, 0) is 31.5 Å². The van der Waals surface area contributed by atoms with Crippen molar-refractivity contribution in [2.24, 2.45) is 0 Å². The summed E-state index contributed by atoms with van der Waals surface area (Å²) in [5.41, 5.74) is 0.887. The molecule has 0 aromatic heterocycles. The molecule has 0 amide bonds. The maximum atomic E-state index is 10.1. The predicted molar refractivity (Wildman–Crippen MR) is 70.2 cm³/mol. The first kappa shape index (κ1) is 13.7. The summed E-state index contributed by atoms with van der Waals surface area (Å²) in [5.74, 6) is 0.829. The van der Waals surface area contributed by atoms with Gasteiger partial charge in [-0.15, -0.1) is 6.58 Å². The Bertz CT molecular complexity index is 335. The Morgan fingerprint density at radius 1 is 1.41 bits per heavy atom. The second-order valence-electron chi connectivity index (χ2n) is 3.93. The molecule has 2 atom stereocenters. The minimum absolute atomic E-state index is 0.00839. The highest BCUT2D eigenvalue weighted by Gasteiger charge is 2.15. The van der Waals surface area contributed by atoms with Crippen LogP contribution < -0.4 is 10.1 Å². The van der Waals surface area contributed by atoms with Crippen LogP contribution in [0.5, 0.6) is 5.75 Å². The van der Waals surface area contributed by atoms with Gasteiger partial charge >= 0.3 is 0 Å². The summed E-state index contributed by atoms with van der Waals surface area (Å²) in [6.45, 7) is 8.88. The van der Waals surface area contributed by atoms with Gasteiger partial charge in [0.25, 0.3) is 0 Å². The van der Waals surface area contributed by atoms with Crippen molar-refractivity contribution in [3.8, 4) is 5.75 Å². The number of benzene rings is 1. The molecular weight excluding hydrogens is 214 g/mol. The molecule has 0 saturated heterocycles. The Balaban J connectivity index is 2.61. The van der Waals surface area contributed by atoms with Gasteiger partial charge in [-0.2, -0.15) is 0 Å². The second-order valence-corrected chi connectivity index (χ2v) is 3.93. The third-order valence-electron chi connectivity index (χ3n) is 2.59. The van der Waals surface area contributed by atoms with Gasteiger partial charge < -0.3 is 15.2 Å². The normalized spacial score (nSPS) is 14.1. The fraction of sp³-hybridized carbons (Fsp3) is 0.429. The van der Waals surface area contributed by atoms with Crippen molar-refractivity contribution in [1.29, 1.82) is 0 Å². The molecule has 0 heterocycles. The first-order valence-corrected chi connectivity index (χ1v) is 5.94. The number of rotatable bonds is 7. The first-order valence-electron chi connectivity index (χ1n) is 5.94. The lowest BCUT2D eigenvalue weighted by atomic mass is 10.0. The van der Waals surface area contributed by atoms with Crippen LogP contribution >= 0.6 is 0 Å². The zero-order valence-electron chi connectivity index (χ0n) is 10.5. The van der Waals surface area contributed by atoms with Crippen molar-refractivity contribution in [3.05, 3.63) is 42.5 Å². The van der Waals surface area contributed by atoms with Crippen LogP contribution in [0.3, 0.4) is 0 Å². The zero-order chi connectivity index (χ0) is 12.7. The molecular formula is C14H21NO2. The summed E-state index contributed by atoms with van der Waals surface area (Å²) < 4.78 is 5.36. The van der Waals surface area contributed by atoms with Crippen LogP contribution in [0.2, 0.25) is 0 Å². The van der Waals surface area contributed by atoms with Gasteiger partial charge in [0.05, 0.1) is 12.7 Å². The van der Waals surface area contributed by atoms with Gasteiger partial charge in [-0.1, -0.05) is 18.2 Å². The molecule has 1 aromatic carbocycles. The molecule has 0 radical (unpaired) electrons. The molecule has 0 aliphatic carbocycles. The van der Waals surface area contributed by atoms with E-state index in [1.165, 1.54) is 0 Å². The highest BCUT2D eigenvalue weighted by molar-refractivity contribution is 5.29. The van der Waals surface area contributed by atoms with Crippen LogP contribution in [0.4, 0.5) is 0 Å². The fourth-order valence-electron chi connectivity index (χ4n) is 1.60. The minimum atomic E-state index is -0.523. The van der Waals surface area contributed by atoms with Crippen molar-refractivity contribution >= 4 is 0 Å². The Morgan fingerprint density at radius 2 is 2.06 bits per heavy atom. The quantitative estimate of drug-likeness (QED) is 0.712. The molecule has 94 valence electrons. The van der Waals surface area contributed by atoms with Crippen molar-refractivity contribution in [2.45, 2.75) is 26.0 Å². The zero-order valence-corrected chi connectivity index (χ0v) is 10.5. The monoisotopic (exact) mass is 235 g/mol. The average molecular weight is 235 g/mol. The van der Waals surface area contributed by atoms with E-state index in [1.54, 1.807) is 6.08 Å². The summed E-state index contributed by atoms with van der Waals surface area (Å²) in [6, 6.07) is 7.53. The number of nitrogens with one attached hydrogen (secondary N) is 1. The summed E-state index contributed by atoms with van der Waals surface area (Å²) in [7, 11) is 0. The topological polar surface area (TPSA) is 41.5 Å². The van der Waals surface area contributed by atoms with Crippen LogP contribution in [0, 0.1) is 0 Å². The molecule has 3 nitrogen and oxygen atoms in total. The smallest absolute Gasteiger partial charge is 0.119 e. The fourth-order valence-corrected chi connectivity index (χ4v) is 1.60. The number of hydrogen-bond donors (Lipinski definition) is 2. The number of aliphatic hydroxyl groups is 1. The van der Waals surface area contributed by atoms with Crippen molar-refractivity contribution < 1.29 is 9.84 Å². The van der Waals surface area contributed by atoms with Crippen LogP contribution in [-0.2, 0) is 0 Å². The standard InChI is InChI=1S/C14H21NO2/c1-4-10-15-11(3)14(16)12-6-8-13(9-7-12)17-5-2/h4,6-9,11,14-16H,1,5,10H2,2-3H3. The van der Waals surface area contributed by atoms with Crippen molar-refractivity contribution in [1.82, 2.24) is 5.32 Å². The largest absolute Gasteiger partial charge is 0.494 e.